The Morgan fingerprint density at radius 1 is 1.00 bits per heavy atom. The van der Waals surface area contributed by atoms with Crippen LogP contribution in [-0.2, 0) is 6.42 Å². The van der Waals surface area contributed by atoms with Crippen molar-refractivity contribution in [2.24, 2.45) is 0 Å². The Morgan fingerprint density at radius 3 is 2.56 bits per heavy atom. The predicted molar refractivity (Wildman–Crippen MR) is 72.9 cm³/mol. The molecule has 2 aromatic carbocycles. The lowest BCUT2D eigenvalue weighted by Gasteiger charge is -2.07. The van der Waals surface area contributed by atoms with Crippen molar-refractivity contribution in [3.63, 3.8) is 0 Å². The Balaban J connectivity index is 2.30. The van der Waals surface area contributed by atoms with Crippen LogP contribution in [0.4, 0.5) is 0 Å². The summed E-state index contributed by atoms with van der Waals surface area (Å²) in [6.07, 6.45) is 1.01. The molecule has 0 heterocycles. The van der Waals surface area contributed by atoms with Gasteiger partial charge in [0.15, 0.2) is 0 Å². The highest BCUT2D eigenvalue weighted by atomic mass is 79.9. The Labute approximate surface area is 105 Å². The van der Waals surface area contributed by atoms with Crippen LogP contribution in [0.5, 0.6) is 0 Å². The van der Waals surface area contributed by atoms with Crippen molar-refractivity contribution in [1.29, 1.82) is 0 Å². The summed E-state index contributed by atoms with van der Waals surface area (Å²) in [6, 6.07) is 15.1. The van der Waals surface area contributed by atoms with Crippen LogP contribution in [0.2, 0.25) is 0 Å². The molecule has 0 bridgehead atoms. The summed E-state index contributed by atoms with van der Waals surface area (Å²) in [6.45, 7) is 4.32. The quantitative estimate of drug-likeness (QED) is 0.748. The van der Waals surface area contributed by atoms with Crippen LogP contribution < -0.4 is 0 Å². The van der Waals surface area contributed by atoms with E-state index in [1.165, 1.54) is 22.3 Å². The molecule has 0 aromatic heterocycles. The molecule has 0 aliphatic rings. The molecule has 0 fully saturated rings. The van der Waals surface area contributed by atoms with Gasteiger partial charge >= 0.3 is 0 Å². The average Bonchev–Trinajstić information content (AvgIpc) is 2.24. The lowest BCUT2D eigenvalue weighted by atomic mass is 9.99. The third kappa shape index (κ3) is 2.73. The number of rotatable bonds is 2. The van der Waals surface area contributed by atoms with Gasteiger partial charge in [0.2, 0.25) is 0 Å². The number of aryl methyl sites for hydroxylation is 2. The molecule has 0 atom stereocenters. The van der Waals surface area contributed by atoms with Gasteiger partial charge in [-0.15, -0.1) is 0 Å². The second-order valence-corrected chi connectivity index (χ2v) is 5.15. The first kappa shape index (κ1) is 11.4. The van der Waals surface area contributed by atoms with Crippen molar-refractivity contribution in [1.82, 2.24) is 0 Å². The Hall–Kier alpha value is -1.08. The normalized spacial score (nSPS) is 10.4. The van der Waals surface area contributed by atoms with Gasteiger partial charge in [0, 0.05) is 4.47 Å². The minimum atomic E-state index is 1.01. The molecule has 0 radical (unpaired) electrons. The van der Waals surface area contributed by atoms with Crippen molar-refractivity contribution in [2.75, 3.05) is 0 Å². The molecule has 2 aromatic rings. The van der Waals surface area contributed by atoms with Crippen LogP contribution in [0.25, 0.3) is 0 Å². The van der Waals surface area contributed by atoms with Crippen LogP contribution in [0.15, 0.2) is 46.9 Å². The van der Waals surface area contributed by atoms with Crippen LogP contribution in [0, 0.1) is 13.8 Å². The molecule has 16 heavy (non-hydrogen) atoms. The first-order valence-corrected chi connectivity index (χ1v) is 6.25. The lowest BCUT2D eigenvalue weighted by Crippen LogP contribution is -1.92. The molecule has 2 rings (SSSR count). The molecule has 0 aliphatic carbocycles. The highest BCUT2D eigenvalue weighted by Gasteiger charge is 2.01. The highest BCUT2D eigenvalue weighted by Crippen LogP contribution is 2.18. The number of benzene rings is 2. The van der Waals surface area contributed by atoms with Crippen LogP contribution in [0.1, 0.15) is 22.3 Å². The van der Waals surface area contributed by atoms with E-state index in [4.69, 9.17) is 0 Å². The lowest BCUT2D eigenvalue weighted by molar-refractivity contribution is 1.14. The Kier molecular flexibility index (Phi) is 3.45. The Bertz CT molecular complexity index is 501. The third-order valence-corrected chi connectivity index (χ3v) is 3.28. The van der Waals surface area contributed by atoms with E-state index in [0.717, 1.165) is 10.9 Å². The first-order chi connectivity index (χ1) is 7.65. The number of hydrogen-bond acceptors (Lipinski definition) is 0. The molecule has 0 aliphatic heterocycles. The third-order valence-electron chi connectivity index (χ3n) is 2.79. The van der Waals surface area contributed by atoms with E-state index in [1.54, 1.807) is 0 Å². The first-order valence-electron chi connectivity index (χ1n) is 5.46. The maximum Gasteiger partial charge on any atom is 0.0178 e. The van der Waals surface area contributed by atoms with Crippen molar-refractivity contribution in [3.8, 4) is 0 Å². The van der Waals surface area contributed by atoms with E-state index in [2.05, 4.69) is 72.2 Å². The second-order valence-electron chi connectivity index (χ2n) is 4.24. The standard InChI is InChI=1S/C15H15Br/c1-11-6-7-12(2)14(8-11)9-13-4-3-5-15(16)10-13/h3-8,10H,9H2,1-2H3. The minimum absolute atomic E-state index is 1.01. The SMILES string of the molecule is Cc1ccc(C)c(Cc2cccc(Br)c2)c1. The van der Waals surface area contributed by atoms with Crippen LogP contribution in [-0.4, -0.2) is 0 Å². The maximum atomic E-state index is 3.51. The summed E-state index contributed by atoms with van der Waals surface area (Å²) in [5.41, 5.74) is 5.46. The summed E-state index contributed by atoms with van der Waals surface area (Å²) in [5.74, 6) is 0. The van der Waals surface area contributed by atoms with E-state index < -0.39 is 0 Å². The smallest absolute Gasteiger partial charge is 0.0178 e. The van der Waals surface area contributed by atoms with E-state index in [9.17, 15) is 0 Å². The van der Waals surface area contributed by atoms with Crippen molar-refractivity contribution in [3.05, 3.63) is 69.2 Å². The van der Waals surface area contributed by atoms with Gasteiger partial charge in [-0.1, -0.05) is 51.8 Å². The van der Waals surface area contributed by atoms with Crippen LogP contribution >= 0.6 is 15.9 Å². The molecule has 0 unspecified atom stereocenters. The fourth-order valence-corrected chi connectivity index (χ4v) is 2.30. The summed E-state index contributed by atoms with van der Waals surface area (Å²) in [5, 5.41) is 0. The number of hydrogen-bond donors (Lipinski definition) is 0. The summed E-state index contributed by atoms with van der Waals surface area (Å²) in [7, 11) is 0. The van der Waals surface area contributed by atoms with Crippen molar-refractivity contribution in [2.45, 2.75) is 20.3 Å². The predicted octanol–water partition coefficient (Wildman–Crippen LogP) is 4.66. The van der Waals surface area contributed by atoms with Gasteiger partial charge in [0.05, 0.1) is 0 Å². The second kappa shape index (κ2) is 4.84. The molecule has 82 valence electrons. The topological polar surface area (TPSA) is 0 Å². The molecule has 0 amide bonds. The van der Waals surface area contributed by atoms with Crippen molar-refractivity contribution >= 4 is 15.9 Å². The highest BCUT2D eigenvalue weighted by molar-refractivity contribution is 9.10. The zero-order valence-corrected chi connectivity index (χ0v) is 11.2. The zero-order chi connectivity index (χ0) is 11.5. The average molecular weight is 275 g/mol. The zero-order valence-electron chi connectivity index (χ0n) is 9.63. The molecule has 0 saturated carbocycles. The van der Waals surface area contributed by atoms with Gasteiger partial charge in [0.1, 0.15) is 0 Å². The van der Waals surface area contributed by atoms with Gasteiger partial charge in [-0.3, -0.25) is 0 Å². The van der Waals surface area contributed by atoms with Gasteiger partial charge in [0.25, 0.3) is 0 Å². The molecule has 1 heteroatoms. The number of halogens is 1. The van der Waals surface area contributed by atoms with E-state index >= 15 is 0 Å². The Morgan fingerprint density at radius 2 is 1.81 bits per heavy atom. The fraction of sp³-hybridized carbons (Fsp3) is 0.200. The van der Waals surface area contributed by atoms with Crippen molar-refractivity contribution < 1.29 is 0 Å². The van der Waals surface area contributed by atoms with Gasteiger partial charge < -0.3 is 0 Å². The van der Waals surface area contributed by atoms with Gasteiger partial charge in [-0.25, -0.2) is 0 Å². The molecule has 0 saturated heterocycles. The van der Waals surface area contributed by atoms with Gasteiger partial charge in [-0.05, 0) is 49.1 Å². The fourth-order valence-electron chi connectivity index (χ4n) is 1.86. The maximum absolute atomic E-state index is 3.51. The van der Waals surface area contributed by atoms with Crippen LogP contribution in [0.3, 0.4) is 0 Å². The molecular formula is C15H15Br. The molecular weight excluding hydrogens is 260 g/mol. The van der Waals surface area contributed by atoms with E-state index in [1.807, 2.05) is 0 Å². The van der Waals surface area contributed by atoms with E-state index in [-0.39, 0.29) is 0 Å². The molecule has 0 spiro atoms. The van der Waals surface area contributed by atoms with E-state index in [0.29, 0.717) is 0 Å². The summed E-state index contributed by atoms with van der Waals surface area (Å²) < 4.78 is 1.15. The molecule has 0 N–H and O–H groups in total. The monoisotopic (exact) mass is 274 g/mol. The largest absolute Gasteiger partial charge is 0.0609 e. The van der Waals surface area contributed by atoms with Gasteiger partial charge in [-0.2, -0.15) is 0 Å². The minimum Gasteiger partial charge on any atom is -0.0609 e. The summed E-state index contributed by atoms with van der Waals surface area (Å²) >= 11 is 3.51. The molecule has 0 nitrogen and oxygen atoms in total. The summed E-state index contributed by atoms with van der Waals surface area (Å²) in [4.78, 5) is 0.